The summed E-state index contributed by atoms with van der Waals surface area (Å²) in [5, 5.41) is 6.03. The van der Waals surface area contributed by atoms with Crippen LogP contribution < -0.4 is 10.6 Å². The first kappa shape index (κ1) is 12.4. The number of piperazine rings is 1. The molecule has 0 bridgehead atoms. The van der Waals surface area contributed by atoms with E-state index in [9.17, 15) is 9.59 Å². The Morgan fingerprint density at radius 3 is 2.35 bits per heavy atom. The quantitative estimate of drug-likeness (QED) is 0.626. The number of rotatable bonds is 1. The number of carbonyl (C=O) groups excluding carboxylic acids is 2. The largest absolute Gasteiger partial charge is 0.345 e. The van der Waals surface area contributed by atoms with Crippen molar-refractivity contribution in [3.63, 3.8) is 0 Å². The molecule has 1 heterocycles. The van der Waals surface area contributed by atoms with Gasteiger partial charge in [0.1, 0.15) is 0 Å². The minimum absolute atomic E-state index is 0.211. The molecule has 2 rings (SSSR count). The predicted octanol–water partition coefficient (Wildman–Crippen LogP) is -0.133. The number of hydrogen-bond acceptors (Lipinski definition) is 3. The van der Waals surface area contributed by atoms with Gasteiger partial charge in [0.25, 0.3) is 0 Å². The van der Waals surface area contributed by atoms with Crippen LogP contribution in [-0.4, -0.2) is 48.9 Å². The van der Waals surface area contributed by atoms with Gasteiger partial charge in [0, 0.05) is 32.2 Å². The Kier molecular flexibility index (Phi) is 4.36. The maximum Gasteiger partial charge on any atom is 0.311 e. The standard InChI is InChI=1S/C12H21N3O2/c16-11(14-10-4-2-1-3-5-10)12(17)15-8-6-13-7-9-15/h10,13H,1-9H2,(H,14,16). The molecule has 0 aromatic carbocycles. The Morgan fingerprint density at radius 2 is 1.71 bits per heavy atom. The normalized spacial score (nSPS) is 22.2. The van der Waals surface area contributed by atoms with Crippen molar-refractivity contribution in [1.29, 1.82) is 0 Å². The Labute approximate surface area is 102 Å². The zero-order valence-corrected chi connectivity index (χ0v) is 10.2. The molecule has 0 atom stereocenters. The first-order valence-electron chi connectivity index (χ1n) is 6.58. The van der Waals surface area contributed by atoms with Gasteiger partial charge in [-0.3, -0.25) is 9.59 Å². The summed E-state index contributed by atoms with van der Waals surface area (Å²) >= 11 is 0. The smallest absolute Gasteiger partial charge is 0.311 e. The first-order chi connectivity index (χ1) is 8.27. The average Bonchev–Trinajstić information content (AvgIpc) is 2.40. The van der Waals surface area contributed by atoms with Gasteiger partial charge in [-0.15, -0.1) is 0 Å². The van der Waals surface area contributed by atoms with Crippen LogP contribution in [0.15, 0.2) is 0 Å². The summed E-state index contributed by atoms with van der Waals surface area (Å²) in [5.74, 6) is -0.782. The van der Waals surface area contributed by atoms with E-state index in [0.29, 0.717) is 13.1 Å². The predicted molar refractivity (Wildman–Crippen MR) is 64.5 cm³/mol. The van der Waals surface area contributed by atoms with E-state index in [0.717, 1.165) is 38.8 Å². The minimum Gasteiger partial charge on any atom is -0.345 e. The third-order valence-corrected chi connectivity index (χ3v) is 3.54. The summed E-state index contributed by atoms with van der Waals surface area (Å²) < 4.78 is 0. The van der Waals surface area contributed by atoms with Gasteiger partial charge < -0.3 is 15.5 Å². The summed E-state index contributed by atoms with van der Waals surface area (Å²) in [4.78, 5) is 25.3. The van der Waals surface area contributed by atoms with Crippen LogP contribution in [0.25, 0.3) is 0 Å². The van der Waals surface area contributed by atoms with Crippen molar-refractivity contribution in [1.82, 2.24) is 15.5 Å². The average molecular weight is 239 g/mol. The Hall–Kier alpha value is -1.10. The lowest BCUT2D eigenvalue weighted by molar-refractivity contribution is -0.146. The number of nitrogens with zero attached hydrogens (tertiary/aromatic N) is 1. The van der Waals surface area contributed by atoms with E-state index in [1.165, 1.54) is 6.42 Å². The van der Waals surface area contributed by atoms with E-state index >= 15 is 0 Å². The van der Waals surface area contributed by atoms with Crippen molar-refractivity contribution >= 4 is 11.8 Å². The van der Waals surface area contributed by atoms with Crippen LogP contribution in [0.3, 0.4) is 0 Å². The van der Waals surface area contributed by atoms with Crippen molar-refractivity contribution in [2.45, 2.75) is 38.1 Å². The molecule has 5 heteroatoms. The van der Waals surface area contributed by atoms with Crippen LogP contribution in [0, 0.1) is 0 Å². The van der Waals surface area contributed by atoms with E-state index in [2.05, 4.69) is 10.6 Å². The summed E-state index contributed by atoms with van der Waals surface area (Å²) in [5.41, 5.74) is 0. The van der Waals surface area contributed by atoms with Gasteiger partial charge in [-0.05, 0) is 12.8 Å². The second kappa shape index (κ2) is 6.00. The Morgan fingerprint density at radius 1 is 1.06 bits per heavy atom. The highest BCUT2D eigenvalue weighted by atomic mass is 16.2. The molecule has 2 fully saturated rings. The maximum absolute atomic E-state index is 11.9. The minimum atomic E-state index is -0.418. The van der Waals surface area contributed by atoms with Gasteiger partial charge >= 0.3 is 11.8 Å². The van der Waals surface area contributed by atoms with E-state index in [1.54, 1.807) is 4.90 Å². The van der Waals surface area contributed by atoms with Crippen molar-refractivity contribution < 1.29 is 9.59 Å². The Bertz CT molecular complexity index is 281. The van der Waals surface area contributed by atoms with Crippen LogP contribution >= 0.6 is 0 Å². The molecule has 1 saturated carbocycles. The molecule has 2 amide bonds. The van der Waals surface area contributed by atoms with Gasteiger partial charge in [0.05, 0.1) is 0 Å². The fourth-order valence-corrected chi connectivity index (χ4v) is 2.51. The molecule has 1 aliphatic heterocycles. The lowest BCUT2D eigenvalue weighted by atomic mass is 9.95. The Balaban J connectivity index is 1.79. The molecule has 0 radical (unpaired) electrons. The van der Waals surface area contributed by atoms with Gasteiger partial charge in [-0.2, -0.15) is 0 Å². The number of amides is 2. The fraction of sp³-hybridized carbons (Fsp3) is 0.833. The highest BCUT2D eigenvalue weighted by Crippen LogP contribution is 2.17. The van der Waals surface area contributed by atoms with Gasteiger partial charge in [0.2, 0.25) is 0 Å². The highest BCUT2D eigenvalue weighted by Gasteiger charge is 2.25. The molecule has 96 valence electrons. The topological polar surface area (TPSA) is 61.4 Å². The molecule has 0 spiro atoms. The lowest BCUT2D eigenvalue weighted by Gasteiger charge is -2.28. The monoisotopic (exact) mass is 239 g/mol. The summed E-state index contributed by atoms with van der Waals surface area (Å²) in [6.07, 6.45) is 5.60. The second-order valence-electron chi connectivity index (χ2n) is 4.85. The van der Waals surface area contributed by atoms with E-state index in [-0.39, 0.29) is 11.9 Å². The molecule has 1 saturated heterocycles. The van der Waals surface area contributed by atoms with Crippen molar-refractivity contribution in [3.8, 4) is 0 Å². The van der Waals surface area contributed by atoms with Gasteiger partial charge in [-0.25, -0.2) is 0 Å². The van der Waals surface area contributed by atoms with Crippen molar-refractivity contribution in [3.05, 3.63) is 0 Å². The third-order valence-electron chi connectivity index (χ3n) is 3.54. The van der Waals surface area contributed by atoms with E-state index in [4.69, 9.17) is 0 Å². The molecule has 0 aromatic rings. The molecular formula is C12H21N3O2. The first-order valence-corrected chi connectivity index (χ1v) is 6.58. The molecule has 2 aliphatic rings. The second-order valence-corrected chi connectivity index (χ2v) is 4.85. The van der Waals surface area contributed by atoms with Gasteiger partial charge in [-0.1, -0.05) is 19.3 Å². The van der Waals surface area contributed by atoms with Gasteiger partial charge in [0.15, 0.2) is 0 Å². The number of nitrogens with one attached hydrogen (secondary N) is 2. The number of hydrogen-bond donors (Lipinski definition) is 2. The summed E-state index contributed by atoms with van der Waals surface area (Å²) in [7, 11) is 0. The van der Waals surface area contributed by atoms with Crippen LogP contribution in [0.4, 0.5) is 0 Å². The lowest BCUT2D eigenvalue weighted by Crippen LogP contribution is -2.52. The zero-order chi connectivity index (χ0) is 12.1. The molecule has 1 aliphatic carbocycles. The van der Waals surface area contributed by atoms with Crippen LogP contribution in [0.2, 0.25) is 0 Å². The van der Waals surface area contributed by atoms with E-state index < -0.39 is 5.91 Å². The third kappa shape index (κ3) is 3.43. The molecule has 5 nitrogen and oxygen atoms in total. The fourth-order valence-electron chi connectivity index (χ4n) is 2.51. The molecule has 2 N–H and O–H groups in total. The maximum atomic E-state index is 11.9. The number of carbonyl (C=O) groups is 2. The zero-order valence-electron chi connectivity index (χ0n) is 10.2. The van der Waals surface area contributed by atoms with E-state index in [1.807, 2.05) is 0 Å². The van der Waals surface area contributed by atoms with Crippen molar-refractivity contribution in [2.75, 3.05) is 26.2 Å². The summed E-state index contributed by atoms with van der Waals surface area (Å²) in [6, 6.07) is 0.211. The van der Waals surface area contributed by atoms with Crippen LogP contribution in [0.1, 0.15) is 32.1 Å². The molecule has 0 aromatic heterocycles. The van der Waals surface area contributed by atoms with Crippen molar-refractivity contribution in [2.24, 2.45) is 0 Å². The van der Waals surface area contributed by atoms with Crippen LogP contribution in [0.5, 0.6) is 0 Å². The van der Waals surface area contributed by atoms with Crippen LogP contribution in [-0.2, 0) is 9.59 Å². The highest BCUT2D eigenvalue weighted by molar-refractivity contribution is 6.35. The SMILES string of the molecule is O=C(NC1CCCCC1)C(=O)N1CCNCC1. The summed E-state index contributed by atoms with van der Waals surface area (Å²) in [6.45, 7) is 2.83. The molecular weight excluding hydrogens is 218 g/mol. The molecule has 0 unspecified atom stereocenters. The molecule has 17 heavy (non-hydrogen) atoms.